The first-order valence-electron chi connectivity index (χ1n) is 7.47. The first kappa shape index (κ1) is 14.3. The summed E-state index contributed by atoms with van der Waals surface area (Å²) in [5, 5.41) is 2.83. The molecule has 1 aliphatic rings. The van der Waals surface area contributed by atoms with Crippen molar-refractivity contribution in [3.8, 4) is 0 Å². The van der Waals surface area contributed by atoms with Crippen LogP contribution in [0.2, 0.25) is 0 Å². The summed E-state index contributed by atoms with van der Waals surface area (Å²) in [6.07, 6.45) is 2.18. The van der Waals surface area contributed by atoms with E-state index in [-0.39, 0.29) is 18.4 Å². The molecule has 4 heteroatoms. The third-order valence-electron chi connectivity index (χ3n) is 3.78. The zero-order chi connectivity index (χ0) is 15.4. The van der Waals surface area contributed by atoms with Crippen LogP contribution in [-0.4, -0.2) is 18.4 Å². The van der Waals surface area contributed by atoms with Gasteiger partial charge in [-0.1, -0.05) is 36.4 Å². The van der Waals surface area contributed by atoms with Gasteiger partial charge in [0.1, 0.15) is 6.54 Å². The summed E-state index contributed by atoms with van der Waals surface area (Å²) in [7, 11) is 0. The number of fused-ring (bicyclic) bond motifs is 1. The lowest BCUT2D eigenvalue weighted by Crippen LogP contribution is -2.37. The minimum absolute atomic E-state index is 0.00756. The number of hydrogen-bond acceptors (Lipinski definition) is 2. The monoisotopic (exact) mass is 294 g/mol. The predicted molar refractivity (Wildman–Crippen MR) is 86.8 cm³/mol. The van der Waals surface area contributed by atoms with Gasteiger partial charge in [0.15, 0.2) is 0 Å². The van der Waals surface area contributed by atoms with Crippen molar-refractivity contribution >= 4 is 23.2 Å². The van der Waals surface area contributed by atoms with Gasteiger partial charge in [0.05, 0.1) is 0 Å². The fourth-order valence-corrected chi connectivity index (χ4v) is 2.72. The van der Waals surface area contributed by atoms with E-state index in [0.29, 0.717) is 6.42 Å². The van der Waals surface area contributed by atoms with Crippen molar-refractivity contribution in [3.63, 3.8) is 0 Å². The topological polar surface area (TPSA) is 49.4 Å². The second-order valence-corrected chi connectivity index (χ2v) is 5.38. The van der Waals surface area contributed by atoms with Gasteiger partial charge in [-0.25, -0.2) is 0 Å². The average Bonchev–Trinajstić information content (AvgIpc) is 2.68. The predicted octanol–water partition coefficient (Wildman–Crippen LogP) is 2.99. The van der Waals surface area contributed by atoms with Crippen LogP contribution in [0, 0.1) is 0 Å². The fourth-order valence-electron chi connectivity index (χ4n) is 2.72. The van der Waals surface area contributed by atoms with Crippen molar-refractivity contribution in [1.82, 2.24) is 0 Å². The number of nitrogens with zero attached hydrogens (tertiary/aromatic N) is 1. The van der Waals surface area contributed by atoms with Gasteiger partial charge < -0.3 is 10.2 Å². The van der Waals surface area contributed by atoms with E-state index in [1.54, 1.807) is 4.90 Å². The van der Waals surface area contributed by atoms with Gasteiger partial charge in [0, 0.05) is 17.8 Å². The number of para-hydroxylation sites is 2. The lowest BCUT2D eigenvalue weighted by molar-refractivity contribution is -0.121. The molecule has 0 unspecified atom stereocenters. The Morgan fingerprint density at radius 3 is 2.55 bits per heavy atom. The van der Waals surface area contributed by atoms with Crippen LogP contribution in [0.15, 0.2) is 54.6 Å². The molecule has 1 N–H and O–H groups in total. The first-order chi connectivity index (χ1) is 10.7. The van der Waals surface area contributed by atoms with Crippen molar-refractivity contribution in [2.45, 2.75) is 19.3 Å². The number of rotatable bonds is 3. The molecule has 0 radical (unpaired) electrons. The molecule has 0 spiro atoms. The highest BCUT2D eigenvalue weighted by atomic mass is 16.2. The Hall–Kier alpha value is -2.62. The van der Waals surface area contributed by atoms with Crippen molar-refractivity contribution in [2.75, 3.05) is 16.8 Å². The minimum atomic E-state index is -0.184. The molecule has 112 valence electrons. The summed E-state index contributed by atoms with van der Waals surface area (Å²) in [6.45, 7) is 0.0464. The maximum Gasteiger partial charge on any atom is 0.244 e. The average molecular weight is 294 g/mol. The van der Waals surface area contributed by atoms with Gasteiger partial charge in [-0.3, -0.25) is 9.59 Å². The summed E-state index contributed by atoms with van der Waals surface area (Å²) < 4.78 is 0. The molecule has 2 amide bonds. The number of carbonyl (C=O) groups excluding carboxylic acids is 2. The molecule has 2 aromatic rings. The Bertz CT molecular complexity index is 682. The van der Waals surface area contributed by atoms with Crippen LogP contribution >= 0.6 is 0 Å². The molecule has 0 atom stereocenters. The Kier molecular flexibility index (Phi) is 4.19. The lowest BCUT2D eigenvalue weighted by Gasteiger charge is -2.22. The van der Waals surface area contributed by atoms with Crippen molar-refractivity contribution in [2.24, 2.45) is 0 Å². The van der Waals surface area contributed by atoms with E-state index in [2.05, 4.69) is 5.32 Å². The molecule has 0 aliphatic carbocycles. The normalized spacial score (nSPS) is 14.2. The van der Waals surface area contributed by atoms with Gasteiger partial charge in [-0.05, 0) is 36.6 Å². The van der Waals surface area contributed by atoms with Crippen LogP contribution < -0.4 is 10.2 Å². The SMILES string of the molecule is O=C(CN1C(=O)CCCc2ccccc21)Nc1ccccc1. The molecule has 1 heterocycles. The van der Waals surface area contributed by atoms with Crippen LogP contribution in [0.3, 0.4) is 0 Å². The van der Waals surface area contributed by atoms with E-state index in [9.17, 15) is 9.59 Å². The molecule has 3 rings (SSSR count). The maximum atomic E-state index is 12.3. The first-order valence-corrected chi connectivity index (χ1v) is 7.47. The van der Waals surface area contributed by atoms with E-state index < -0.39 is 0 Å². The molecule has 22 heavy (non-hydrogen) atoms. The van der Waals surface area contributed by atoms with E-state index in [1.807, 2.05) is 54.6 Å². The number of benzene rings is 2. The number of carbonyl (C=O) groups is 2. The highest BCUT2D eigenvalue weighted by Crippen LogP contribution is 2.26. The summed E-state index contributed by atoms with van der Waals surface area (Å²) in [6, 6.07) is 17.1. The van der Waals surface area contributed by atoms with Gasteiger partial charge in [-0.2, -0.15) is 0 Å². The molecule has 4 nitrogen and oxygen atoms in total. The molecular formula is C18H18N2O2. The maximum absolute atomic E-state index is 12.3. The van der Waals surface area contributed by atoms with Crippen molar-refractivity contribution in [1.29, 1.82) is 0 Å². The second kappa shape index (κ2) is 6.43. The molecule has 0 bridgehead atoms. The largest absolute Gasteiger partial charge is 0.325 e. The summed E-state index contributed by atoms with van der Waals surface area (Å²) in [5.74, 6) is -0.176. The standard InChI is InChI=1S/C18H18N2O2/c21-17(19-15-9-2-1-3-10-15)13-20-16-11-5-4-7-14(16)8-6-12-18(20)22/h1-5,7,9-11H,6,8,12-13H2,(H,19,21). The van der Waals surface area contributed by atoms with Crippen LogP contribution in [-0.2, 0) is 16.0 Å². The third-order valence-corrected chi connectivity index (χ3v) is 3.78. The molecule has 0 saturated heterocycles. The fraction of sp³-hybridized carbons (Fsp3) is 0.222. The summed E-state index contributed by atoms with van der Waals surface area (Å²) >= 11 is 0. The Morgan fingerprint density at radius 1 is 1.00 bits per heavy atom. The Morgan fingerprint density at radius 2 is 1.73 bits per heavy atom. The van der Waals surface area contributed by atoms with Gasteiger partial charge in [0.25, 0.3) is 0 Å². The minimum Gasteiger partial charge on any atom is -0.325 e. The number of hydrogen-bond donors (Lipinski definition) is 1. The van der Waals surface area contributed by atoms with E-state index in [1.165, 1.54) is 0 Å². The lowest BCUT2D eigenvalue weighted by atomic mass is 10.1. The van der Waals surface area contributed by atoms with Crippen LogP contribution in [0.5, 0.6) is 0 Å². The Labute approximate surface area is 129 Å². The van der Waals surface area contributed by atoms with Crippen LogP contribution in [0.25, 0.3) is 0 Å². The van der Waals surface area contributed by atoms with Gasteiger partial charge in [0.2, 0.25) is 11.8 Å². The second-order valence-electron chi connectivity index (χ2n) is 5.38. The Balaban J connectivity index is 1.78. The third kappa shape index (κ3) is 3.17. The molecule has 1 aliphatic heterocycles. The zero-order valence-corrected chi connectivity index (χ0v) is 12.3. The van der Waals surface area contributed by atoms with Gasteiger partial charge in [-0.15, -0.1) is 0 Å². The quantitative estimate of drug-likeness (QED) is 0.946. The van der Waals surface area contributed by atoms with Crippen LogP contribution in [0.4, 0.5) is 11.4 Å². The van der Waals surface area contributed by atoms with Crippen LogP contribution in [0.1, 0.15) is 18.4 Å². The van der Waals surface area contributed by atoms with Crippen molar-refractivity contribution in [3.05, 3.63) is 60.2 Å². The van der Waals surface area contributed by atoms with E-state index in [4.69, 9.17) is 0 Å². The van der Waals surface area contributed by atoms with Crippen molar-refractivity contribution < 1.29 is 9.59 Å². The molecule has 2 aromatic carbocycles. The molecule has 0 saturated carbocycles. The van der Waals surface area contributed by atoms with Gasteiger partial charge >= 0.3 is 0 Å². The van der Waals surface area contributed by atoms with E-state index >= 15 is 0 Å². The molecular weight excluding hydrogens is 276 g/mol. The number of anilines is 2. The zero-order valence-electron chi connectivity index (χ0n) is 12.3. The molecule has 0 aromatic heterocycles. The summed E-state index contributed by atoms with van der Waals surface area (Å²) in [4.78, 5) is 26.2. The highest BCUT2D eigenvalue weighted by Gasteiger charge is 2.23. The number of aryl methyl sites for hydroxylation is 1. The number of nitrogens with one attached hydrogen (secondary N) is 1. The smallest absolute Gasteiger partial charge is 0.244 e. The summed E-state index contributed by atoms with van der Waals surface area (Å²) in [5.41, 5.74) is 2.72. The van der Waals surface area contributed by atoms with E-state index in [0.717, 1.165) is 29.8 Å². The molecule has 0 fully saturated rings. The number of amides is 2. The highest BCUT2D eigenvalue weighted by molar-refractivity contribution is 6.03.